The second-order valence-electron chi connectivity index (χ2n) is 3.69. The molecule has 1 aromatic carbocycles. The van der Waals surface area contributed by atoms with Gasteiger partial charge in [-0.2, -0.15) is 0 Å². The molecule has 0 aliphatic carbocycles. The van der Waals surface area contributed by atoms with Gasteiger partial charge in [0.2, 0.25) is 0 Å². The number of rotatable bonds is 3. The Balaban J connectivity index is 3.20. The van der Waals surface area contributed by atoms with E-state index >= 15 is 0 Å². The van der Waals surface area contributed by atoms with Crippen LogP contribution in [0.2, 0.25) is 0 Å². The molecular formula is C11H16N2O. The van der Waals surface area contributed by atoms with Gasteiger partial charge in [-0.05, 0) is 18.2 Å². The summed E-state index contributed by atoms with van der Waals surface area (Å²) in [5.41, 5.74) is 2.79. The number of hydrogen-bond donors (Lipinski definition) is 0. The molecule has 3 nitrogen and oxygen atoms in total. The van der Waals surface area contributed by atoms with Crippen molar-refractivity contribution in [3.63, 3.8) is 0 Å². The number of benzene rings is 1. The van der Waals surface area contributed by atoms with Crippen molar-refractivity contribution in [2.24, 2.45) is 0 Å². The van der Waals surface area contributed by atoms with Crippen LogP contribution in [0.5, 0.6) is 0 Å². The van der Waals surface area contributed by atoms with Crippen LogP contribution in [0, 0.1) is 0 Å². The molecule has 0 spiro atoms. The van der Waals surface area contributed by atoms with Gasteiger partial charge in [-0.1, -0.05) is 0 Å². The van der Waals surface area contributed by atoms with Crippen LogP contribution in [0.3, 0.4) is 0 Å². The third kappa shape index (κ3) is 2.25. The largest absolute Gasteiger partial charge is 0.378 e. The molecule has 0 aliphatic heterocycles. The first kappa shape index (κ1) is 10.6. The Morgan fingerprint density at radius 3 is 1.64 bits per heavy atom. The molecule has 3 heteroatoms. The maximum atomic E-state index is 10.7. The minimum atomic E-state index is 0.708. The Kier molecular flexibility index (Phi) is 3.12. The predicted octanol–water partition coefficient (Wildman–Crippen LogP) is 1.63. The first-order valence-corrected chi connectivity index (χ1v) is 4.49. The Labute approximate surface area is 84.9 Å². The van der Waals surface area contributed by atoms with Crippen LogP contribution in [-0.4, -0.2) is 34.5 Å². The van der Waals surface area contributed by atoms with Crippen molar-refractivity contribution in [3.05, 3.63) is 23.8 Å². The Morgan fingerprint density at radius 1 is 0.929 bits per heavy atom. The van der Waals surface area contributed by atoms with Crippen LogP contribution in [0.4, 0.5) is 11.4 Å². The van der Waals surface area contributed by atoms with Gasteiger partial charge in [0.15, 0.2) is 0 Å². The highest BCUT2D eigenvalue weighted by molar-refractivity contribution is 5.80. The fourth-order valence-corrected chi connectivity index (χ4v) is 1.20. The number of hydrogen-bond acceptors (Lipinski definition) is 3. The quantitative estimate of drug-likeness (QED) is 0.680. The first-order chi connectivity index (χ1) is 6.54. The van der Waals surface area contributed by atoms with Crippen molar-refractivity contribution < 1.29 is 4.79 Å². The van der Waals surface area contributed by atoms with Crippen LogP contribution in [0.15, 0.2) is 18.2 Å². The molecule has 0 saturated heterocycles. The summed E-state index contributed by atoms with van der Waals surface area (Å²) in [6.45, 7) is 0. The molecule has 1 aromatic rings. The van der Waals surface area contributed by atoms with Crippen molar-refractivity contribution in [1.82, 2.24) is 0 Å². The highest BCUT2D eigenvalue weighted by Crippen LogP contribution is 2.21. The van der Waals surface area contributed by atoms with Gasteiger partial charge in [0.05, 0.1) is 0 Å². The lowest BCUT2D eigenvalue weighted by molar-refractivity contribution is 0.112. The molecular weight excluding hydrogens is 176 g/mol. The lowest BCUT2D eigenvalue weighted by atomic mass is 10.1. The summed E-state index contributed by atoms with van der Waals surface area (Å²) in [6, 6.07) is 5.80. The zero-order chi connectivity index (χ0) is 10.7. The average molecular weight is 192 g/mol. The van der Waals surface area contributed by atoms with E-state index in [9.17, 15) is 4.79 Å². The van der Waals surface area contributed by atoms with Gasteiger partial charge in [-0.15, -0.1) is 0 Å². The molecule has 0 N–H and O–H groups in total. The molecule has 0 amide bonds. The van der Waals surface area contributed by atoms with Crippen molar-refractivity contribution in [2.45, 2.75) is 0 Å². The van der Waals surface area contributed by atoms with Gasteiger partial charge < -0.3 is 9.80 Å². The van der Waals surface area contributed by atoms with E-state index in [1.807, 2.05) is 56.2 Å². The second-order valence-corrected chi connectivity index (χ2v) is 3.69. The fraction of sp³-hybridized carbons (Fsp3) is 0.364. The molecule has 76 valence electrons. The van der Waals surface area contributed by atoms with Crippen LogP contribution >= 0.6 is 0 Å². The molecule has 0 fully saturated rings. The van der Waals surface area contributed by atoms with Gasteiger partial charge in [0.25, 0.3) is 0 Å². The van der Waals surface area contributed by atoms with E-state index in [1.54, 1.807) is 0 Å². The fourth-order valence-electron chi connectivity index (χ4n) is 1.20. The smallest absolute Gasteiger partial charge is 0.150 e. The molecule has 0 saturated carbocycles. The maximum Gasteiger partial charge on any atom is 0.150 e. The topological polar surface area (TPSA) is 23.6 Å². The van der Waals surface area contributed by atoms with Crippen molar-refractivity contribution >= 4 is 17.7 Å². The van der Waals surface area contributed by atoms with Crippen molar-refractivity contribution in [1.29, 1.82) is 0 Å². The summed E-state index contributed by atoms with van der Waals surface area (Å²) < 4.78 is 0. The van der Waals surface area contributed by atoms with E-state index in [1.165, 1.54) is 0 Å². The van der Waals surface area contributed by atoms with Gasteiger partial charge in [0.1, 0.15) is 6.29 Å². The van der Waals surface area contributed by atoms with Gasteiger partial charge >= 0.3 is 0 Å². The van der Waals surface area contributed by atoms with Crippen LogP contribution in [-0.2, 0) is 0 Å². The molecule has 0 heterocycles. The highest BCUT2D eigenvalue weighted by atomic mass is 16.1. The van der Waals surface area contributed by atoms with Crippen LogP contribution < -0.4 is 9.80 Å². The van der Waals surface area contributed by atoms with Crippen LogP contribution in [0.1, 0.15) is 10.4 Å². The average Bonchev–Trinajstić information content (AvgIpc) is 2.16. The summed E-state index contributed by atoms with van der Waals surface area (Å²) in [5, 5.41) is 0. The normalized spacial score (nSPS) is 9.71. The van der Waals surface area contributed by atoms with E-state index in [-0.39, 0.29) is 0 Å². The first-order valence-electron chi connectivity index (χ1n) is 4.49. The van der Waals surface area contributed by atoms with E-state index in [0.29, 0.717) is 5.56 Å². The Morgan fingerprint density at radius 2 is 1.36 bits per heavy atom. The Bertz CT molecular complexity index is 306. The lowest BCUT2D eigenvalue weighted by Gasteiger charge is -2.18. The number of anilines is 2. The minimum Gasteiger partial charge on any atom is -0.378 e. The molecule has 0 aromatic heterocycles. The minimum absolute atomic E-state index is 0.708. The summed E-state index contributed by atoms with van der Waals surface area (Å²) >= 11 is 0. The van der Waals surface area contributed by atoms with Gasteiger partial charge in [-0.3, -0.25) is 4.79 Å². The number of nitrogens with zero attached hydrogens (tertiary/aromatic N) is 2. The molecule has 14 heavy (non-hydrogen) atoms. The number of carbonyl (C=O) groups excluding carboxylic acids is 1. The zero-order valence-corrected chi connectivity index (χ0v) is 9.11. The van der Waals surface area contributed by atoms with E-state index in [0.717, 1.165) is 17.7 Å². The van der Waals surface area contributed by atoms with Crippen molar-refractivity contribution in [2.75, 3.05) is 38.0 Å². The maximum absolute atomic E-state index is 10.7. The monoisotopic (exact) mass is 192 g/mol. The van der Waals surface area contributed by atoms with Crippen molar-refractivity contribution in [3.8, 4) is 0 Å². The number of aldehydes is 1. The summed E-state index contributed by atoms with van der Waals surface area (Å²) in [5.74, 6) is 0. The standard InChI is InChI=1S/C11H16N2O/c1-12(2)10-5-9(8-14)6-11(7-10)13(3)4/h5-8H,1-4H3. The molecule has 0 bridgehead atoms. The molecule has 1 rings (SSSR count). The second kappa shape index (κ2) is 4.13. The highest BCUT2D eigenvalue weighted by Gasteiger charge is 2.03. The van der Waals surface area contributed by atoms with Gasteiger partial charge in [-0.25, -0.2) is 0 Å². The molecule has 0 atom stereocenters. The lowest BCUT2D eigenvalue weighted by Crippen LogP contribution is -2.13. The van der Waals surface area contributed by atoms with E-state index in [4.69, 9.17) is 0 Å². The summed E-state index contributed by atoms with van der Waals surface area (Å²) in [6.07, 6.45) is 0.875. The number of carbonyl (C=O) groups is 1. The van der Waals surface area contributed by atoms with Crippen LogP contribution in [0.25, 0.3) is 0 Å². The van der Waals surface area contributed by atoms with E-state index < -0.39 is 0 Å². The molecule has 0 radical (unpaired) electrons. The Hall–Kier alpha value is -1.51. The molecule has 0 aliphatic rings. The summed E-state index contributed by atoms with van der Waals surface area (Å²) in [4.78, 5) is 14.7. The third-order valence-electron chi connectivity index (χ3n) is 2.09. The van der Waals surface area contributed by atoms with Gasteiger partial charge in [0, 0.05) is 45.1 Å². The molecule has 0 unspecified atom stereocenters. The third-order valence-corrected chi connectivity index (χ3v) is 2.09. The summed E-state index contributed by atoms with van der Waals surface area (Å²) in [7, 11) is 7.85. The zero-order valence-electron chi connectivity index (χ0n) is 9.11. The van der Waals surface area contributed by atoms with E-state index in [2.05, 4.69) is 0 Å². The SMILES string of the molecule is CN(C)c1cc(C=O)cc(N(C)C)c1. The predicted molar refractivity (Wildman–Crippen MR) is 60.5 cm³/mol.